The average molecular weight is 456 g/mol. The molecule has 7 nitrogen and oxygen atoms in total. The van der Waals surface area contributed by atoms with Gasteiger partial charge in [-0.25, -0.2) is 4.79 Å². The quantitative estimate of drug-likeness (QED) is 0.402. The van der Waals surface area contributed by atoms with E-state index >= 15 is 0 Å². The normalized spacial score (nSPS) is 17.5. The summed E-state index contributed by atoms with van der Waals surface area (Å²) in [7, 11) is 1.59. The first-order chi connectivity index (χ1) is 15.0. The molecule has 2 atom stereocenters. The summed E-state index contributed by atoms with van der Waals surface area (Å²) in [6.45, 7) is 19.0. The molecule has 1 aliphatic rings. The van der Waals surface area contributed by atoms with Gasteiger partial charge in [-0.05, 0) is 52.0 Å². The molecule has 0 unspecified atom stereocenters. The molecule has 0 aromatic heterocycles. The van der Waals surface area contributed by atoms with Crippen LogP contribution in [0.15, 0.2) is 11.6 Å². The summed E-state index contributed by atoms with van der Waals surface area (Å²) in [5.41, 5.74) is 0.191. The first-order valence-electron chi connectivity index (χ1n) is 12.0. The third-order valence-electron chi connectivity index (χ3n) is 5.48. The number of carboxylic acid groups (broad SMARTS) is 1. The summed E-state index contributed by atoms with van der Waals surface area (Å²) in [6, 6.07) is 0.436. The molecule has 1 fully saturated rings. The molecule has 0 bridgehead atoms. The number of nitrogens with one attached hydrogen (secondary N) is 1. The molecule has 0 spiro atoms. The Bertz CT molecular complexity index is 561. The molecule has 1 aliphatic heterocycles. The first kappa shape index (κ1) is 32.3. The highest BCUT2D eigenvalue weighted by molar-refractivity contribution is 5.86. The number of carbonyl (C=O) groups excluding carboxylic acids is 2. The van der Waals surface area contributed by atoms with Gasteiger partial charge in [-0.1, -0.05) is 53.5 Å². The van der Waals surface area contributed by atoms with Gasteiger partial charge in [0.05, 0.1) is 12.6 Å². The monoisotopic (exact) mass is 455 g/mol. The summed E-state index contributed by atoms with van der Waals surface area (Å²) in [4.78, 5) is 36.7. The molecule has 1 rings (SSSR count). The van der Waals surface area contributed by atoms with Crippen molar-refractivity contribution in [3.8, 4) is 0 Å². The largest absolute Gasteiger partial charge is 0.478 e. The lowest BCUT2D eigenvalue weighted by Crippen LogP contribution is -2.43. The van der Waals surface area contributed by atoms with Crippen molar-refractivity contribution in [2.75, 3.05) is 26.7 Å². The number of rotatable bonds is 9. The molecule has 0 saturated carbocycles. The van der Waals surface area contributed by atoms with E-state index in [9.17, 15) is 14.4 Å². The van der Waals surface area contributed by atoms with Crippen molar-refractivity contribution in [2.45, 2.75) is 93.2 Å². The van der Waals surface area contributed by atoms with Crippen LogP contribution < -0.4 is 5.32 Å². The zero-order valence-electron chi connectivity index (χ0n) is 22.0. The Labute approximate surface area is 196 Å². The summed E-state index contributed by atoms with van der Waals surface area (Å²) >= 11 is 0. The van der Waals surface area contributed by atoms with E-state index < -0.39 is 5.97 Å². The third-order valence-corrected chi connectivity index (χ3v) is 5.48. The van der Waals surface area contributed by atoms with Gasteiger partial charge in [-0.2, -0.15) is 0 Å². The molecule has 0 aromatic carbocycles. The number of likely N-dealkylation sites (N-methyl/N-ethyl adjacent to an activating group) is 1. The summed E-state index contributed by atoms with van der Waals surface area (Å²) in [5.74, 6) is -0.224. The maximum absolute atomic E-state index is 11.7. The lowest BCUT2D eigenvalue weighted by molar-refractivity contribution is -0.133. The van der Waals surface area contributed by atoms with Crippen LogP contribution >= 0.6 is 0 Å². The molecule has 32 heavy (non-hydrogen) atoms. The predicted molar refractivity (Wildman–Crippen MR) is 133 cm³/mol. The zero-order chi connectivity index (χ0) is 25.3. The number of carboxylic acids is 1. The second-order valence-corrected chi connectivity index (χ2v) is 9.11. The smallest absolute Gasteiger partial charge is 0.331 e. The number of piperidine rings is 1. The number of aliphatic carboxylic acids is 1. The molecule has 0 radical (unpaired) electrons. The SMILES string of the molecule is C/C(=C\[C@H](C(C)C)N(C)C(=O)CNC=O)C(=O)O.CCC.CC[C@H]1CCCN(C(C)C)C1. The standard InChI is InChI=1S/C12H20N2O4.C10H21N.C3H8/c1-8(2)10(5-9(3)12(17)18)14(4)11(16)6-13-7-15;1-4-10-6-5-7-11(8-10)9(2)3;1-3-2/h5,7-8,10H,6H2,1-4H3,(H,13,15)(H,17,18);9-10H,4-8H2,1-3H3;3H2,1-2H3/b9-5+;;/t2*10-;/m10./s1. The van der Waals surface area contributed by atoms with Crippen LogP contribution in [0.4, 0.5) is 0 Å². The van der Waals surface area contributed by atoms with E-state index in [0.717, 1.165) is 12.0 Å². The van der Waals surface area contributed by atoms with Gasteiger partial charge in [0.25, 0.3) is 0 Å². The minimum atomic E-state index is -1.01. The van der Waals surface area contributed by atoms with Crippen LogP contribution in [-0.4, -0.2) is 72.0 Å². The minimum Gasteiger partial charge on any atom is -0.478 e. The molecule has 2 N–H and O–H groups in total. The lowest BCUT2D eigenvalue weighted by atomic mass is 9.95. The van der Waals surface area contributed by atoms with Gasteiger partial charge in [-0.15, -0.1) is 0 Å². The molecule has 0 aromatic rings. The molecule has 1 saturated heterocycles. The third kappa shape index (κ3) is 14.2. The zero-order valence-corrected chi connectivity index (χ0v) is 22.0. The van der Waals surface area contributed by atoms with Gasteiger partial charge in [0.2, 0.25) is 12.3 Å². The highest BCUT2D eigenvalue weighted by Crippen LogP contribution is 2.20. The Hall–Kier alpha value is -1.89. The summed E-state index contributed by atoms with van der Waals surface area (Å²) in [5, 5.41) is 11.1. The van der Waals surface area contributed by atoms with Crippen molar-refractivity contribution >= 4 is 18.3 Å². The molecule has 0 aliphatic carbocycles. The molecule has 1 heterocycles. The Kier molecular flexibility index (Phi) is 18.8. The van der Waals surface area contributed by atoms with Gasteiger partial charge in [0.1, 0.15) is 0 Å². The van der Waals surface area contributed by atoms with E-state index in [-0.39, 0.29) is 30.0 Å². The highest BCUT2D eigenvalue weighted by Gasteiger charge is 2.22. The molecular weight excluding hydrogens is 406 g/mol. The van der Waals surface area contributed by atoms with E-state index in [1.165, 1.54) is 50.6 Å². The molecule has 188 valence electrons. The van der Waals surface area contributed by atoms with Crippen LogP contribution in [-0.2, 0) is 14.4 Å². The topological polar surface area (TPSA) is 90.0 Å². The Morgan fingerprint density at radius 2 is 1.75 bits per heavy atom. The molecular formula is C25H49N3O4. The van der Waals surface area contributed by atoms with E-state index in [4.69, 9.17) is 5.11 Å². The fraction of sp³-hybridized carbons (Fsp3) is 0.800. The van der Waals surface area contributed by atoms with Crippen LogP contribution in [0.1, 0.15) is 81.1 Å². The highest BCUT2D eigenvalue weighted by atomic mass is 16.4. The van der Waals surface area contributed by atoms with Crippen molar-refractivity contribution < 1.29 is 19.5 Å². The van der Waals surface area contributed by atoms with E-state index in [0.29, 0.717) is 6.41 Å². The van der Waals surface area contributed by atoms with Gasteiger partial charge in [-0.3, -0.25) is 9.59 Å². The number of amides is 2. The van der Waals surface area contributed by atoms with Crippen molar-refractivity contribution in [1.29, 1.82) is 0 Å². The average Bonchev–Trinajstić information content (AvgIpc) is 2.75. The molecule has 2 amide bonds. The summed E-state index contributed by atoms with van der Waals surface area (Å²) < 4.78 is 0. The maximum atomic E-state index is 11.7. The van der Waals surface area contributed by atoms with Crippen molar-refractivity contribution in [1.82, 2.24) is 15.1 Å². The fourth-order valence-corrected chi connectivity index (χ4v) is 3.40. The first-order valence-corrected chi connectivity index (χ1v) is 12.0. The number of nitrogens with zero attached hydrogens (tertiary/aromatic N) is 2. The fourth-order valence-electron chi connectivity index (χ4n) is 3.40. The number of likely N-dealkylation sites (tertiary alicyclic amines) is 1. The number of hydrogen-bond acceptors (Lipinski definition) is 4. The van der Waals surface area contributed by atoms with Crippen molar-refractivity contribution in [3.05, 3.63) is 11.6 Å². The Morgan fingerprint density at radius 3 is 2.16 bits per heavy atom. The minimum absolute atomic E-state index is 0.0736. The Morgan fingerprint density at radius 1 is 1.19 bits per heavy atom. The second kappa shape index (κ2) is 18.7. The maximum Gasteiger partial charge on any atom is 0.331 e. The van der Waals surface area contributed by atoms with Crippen molar-refractivity contribution in [2.24, 2.45) is 11.8 Å². The van der Waals surface area contributed by atoms with Gasteiger partial charge in [0, 0.05) is 25.2 Å². The van der Waals surface area contributed by atoms with Gasteiger partial charge >= 0.3 is 5.97 Å². The van der Waals surface area contributed by atoms with Crippen LogP contribution in [0.25, 0.3) is 0 Å². The lowest BCUT2D eigenvalue weighted by Gasteiger charge is -2.34. The van der Waals surface area contributed by atoms with E-state index in [2.05, 4.69) is 44.8 Å². The van der Waals surface area contributed by atoms with Gasteiger partial charge < -0.3 is 20.2 Å². The Balaban J connectivity index is 0. The molecule has 7 heteroatoms. The number of carbonyl (C=O) groups is 3. The predicted octanol–water partition coefficient (Wildman–Crippen LogP) is 4.18. The second-order valence-electron chi connectivity index (χ2n) is 9.11. The number of hydrogen-bond donors (Lipinski definition) is 2. The van der Waals surface area contributed by atoms with Crippen LogP contribution in [0, 0.1) is 11.8 Å². The summed E-state index contributed by atoms with van der Waals surface area (Å²) in [6.07, 6.45) is 7.49. The van der Waals surface area contributed by atoms with E-state index in [1.807, 2.05) is 13.8 Å². The van der Waals surface area contributed by atoms with Gasteiger partial charge in [0.15, 0.2) is 0 Å². The van der Waals surface area contributed by atoms with Crippen LogP contribution in [0.3, 0.4) is 0 Å². The van der Waals surface area contributed by atoms with Crippen molar-refractivity contribution in [3.63, 3.8) is 0 Å². The van der Waals surface area contributed by atoms with Crippen LogP contribution in [0.2, 0.25) is 0 Å². The van der Waals surface area contributed by atoms with Crippen LogP contribution in [0.5, 0.6) is 0 Å². The van der Waals surface area contributed by atoms with E-state index in [1.54, 1.807) is 13.1 Å².